The van der Waals surface area contributed by atoms with Gasteiger partial charge in [0.1, 0.15) is 11.9 Å². The molecule has 19 heavy (non-hydrogen) atoms. The first-order chi connectivity index (χ1) is 9.11. The van der Waals surface area contributed by atoms with Gasteiger partial charge in [0, 0.05) is 0 Å². The van der Waals surface area contributed by atoms with Gasteiger partial charge in [-0.25, -0.2) is 9.18 Å². The maximum Gasteiger partial charge on any atom is 0.328 e. The van der Waals surface area contributed by atoms with Gasteiger partial charge in [-0.2, -0.15) is 0 Å². The molecule has 1 aromatic carbocycles. The van der Waals surface area contributed by atoms with E-state index in [-0.39, 0.29) is 5.56 Å². The molecule has 0 saturated heterocycles. The number of ether oxygens (including phenoxy) is 1. The van der Waals surface area contributed by atoms with E-state index >= 15 is 0 Å². The highest BCUT2D eigenvalue weighted by Gasteiger charge is 2.31. The van der Waals surface area contributed by atoms with E-state index in [1.54, 1.807) is 6.07 Å². The average Bonchev–Trinajstić information content (AvgIpc) is 3.21. The number of nitrogens with one attached hydrogen (secondary N) is 1. The Balaban J connectivity index is 2.05. The van der Waals surface area contributed by atoms with Crippen LogP contribution in [0, 0.1) is 11.7 Å². The molecule has 0 unspecified atom stereocenters. The Morgan fingerprint density at radius 2 is 2.11 bits per heavy atom. The van der Waals surface area contributed by atoms with Crippen LogP contribution in [0.3, 0.4) is 0 Å². The molecule has 0 aliphatic heterocycles. The number of benzene rings is 1. The summed E-state index contributed by atoms with van der Waals surface area (Å²) < 4.78 is 18.1. The van der Waals surface area contributed by atoms with Crippen molar-refractivity contribution in [2.45, 2.75) is 25.3 Å². The van der Waals surface area contributed by atoms with Crippen LogP contribution in [0.15, 0.2) is 24.3 Å². The zero-order valence-corrected chi connectivity index (χ0v) is 10.7. The van der Waals surface area contributed by atoms with Crippen molar-refractivity contribution in [3.8, 4) is 0 Å². The van der Waals surface area contributed by atoms with Crippen LogP contribution >= 0.6 is 0 Å². The molecule has 0 heterocycles. The Hall–Kier alpha value is -1.91. The Morgan fingerprint density at radius 3 is 2.68 bits per heavy atom. The molecule has 1 atom stereocenters. The van der Waals surface area contributed by atoms with E-state index < -0.39 is 23.7 Å². The number of methoxy groups -OCH3 is 1. The molecule has 102 valence electrons. The summed E-state index contributed by atoms with van der Waals surface area (Å²) in [5.41, 5.74) is -0.0628. The Labute approximate surface area is 110 Å². The molecule has 1 aliphatic carbocycles. The summed E-state index contributed by atoms with van der Waals surface area (Å²) in [6, 6.07) is 4.98. The minimum absolute atomic E-state index is 0.0628. The number of carbonyl (C=O) groups excluding carboxylic acids is 2. The minimum atomic E-state index is -0.704. The van der Waals surface area contributed by atoms with Crippen LogP contribution in [-0.2, 0) is 9.53 Å². The number of carbonyl (C=O) groups is 2. The van der Waals surface area contributed by atoms with Crippen molar-refractivity contribution in [3.05, 3.63) is 35.6 Å². The highest BCUT2D eigenvalue weighted by molar-refractivity contribution is 5.96. The van der Waals surface area contributed by atoms with Crippen molar-refractivity contribution in [3.63, 3.8) is 0 Å². The SMILES string of the molecule is COC(=O)[C@@H](CC1CC1)NC(=O)c1ccccc1F. The second-order valence-electron chi connectivity index (χ2n) is 4.71. The molecule has 2 rings (SSSR count). The lowest BCUT2D eigenvalue weighted by atomic mass is 10.1. The molecule has 5 heteroatoms. The van der Waals surface area contributed by atoms with Crippen LogP contribution in [0.2, 0.25) is 0 Å². The molecule has 1 aliphatic rings. The number of hydrogen-bond donors (Lipinski definition) is 1. The molecule has 0 radical (unpaired) electrons. The van der Waals surface area contributed by atoms with Crippen molar-refractivity contribution in [2.75, 3.05) is 7.11 Å². The number of amides is 1. The van der Waals surface area contributed by atoms with Gasteiger partial charge in [-0.05, 0) is 24.5 Å². The van der Waals surface area contributed by atoms with Crippen LogP contribution in [0.1, 0.15) is 29.6 Å². The number of esters is 1. The van der Waals surface area contributed by atoms with Gasteiger partial charge < -0.3 is 10.1 Å². The second-order valence-corrected chi connectivity index (χ2v) is 4.71. The average molecular weight is 265 g/mol. The van der Waals surface area contributed by atoms with Gasteiger partial charge in [-0.1, -0.05) is 25.0 Å². The fourth-order valence-corrected chi connectivity index (χ4v) is 1.92. The maximum absolute atomic E-state index is 13.5. The van der Waals surface area contributed by atoms with E-state index in [4.69, 9.17) is 0 Å². The highest BCUT2D eigenvalue weighted by Crippen LogP contribution is 2.33. The second kappa shape index (κ2) is 5.82. The molecule has 1 saturated carbocycles. The third-order valence-electron chi connectivity index (χ3n) is 3.18. The number of halogens is 1. The fourth-order valence-electron chi connectivity index (χ4n) is 1.92. The van der Waals surface area contributed by atoms with E-state index in [1.807, 2.05) is 0 Å². The topological polar surface area (TPSA) is 55.4 Å². The quantitative estimate of drug-likeness (QED) is 0.827. The van der Waals surface area contributed by atoms with Crippen LogP contribution < -0.4 is 5.32 Å². The number of rotatable bonds is 5. The fraction of sp³-hybridized carbons (Fsp3) is 0.429. The molecule has 0 spiro atoms. The van der Waals surface area contributed by atoms with Gasteiger partial charge >= 0.3 is 5.97 Å². The molecule has 4 nitrogen and oxygen atoms in total. The Bertz CT molecular complexity index is 485. The largest absolute Gasteiger partial charge is 0.467 e. The van der Waals surface area contributed by atoms with E-state index in [9.17, 15) is 14.0 Å². The van der Waals surface area contributed by atoms with Crippen molar-refractivity contribution in [2.24, 2.45) is 5.92 Å². The van der Waals surface area contributed by atoms with Gasteiger partial charge in [0.05, 0.1) is 12.7 Å². The van der Waals surface area contributed by atoms with Crippen LogP contribution in [0.5, 0.6) is 0 Å². The van der Waals surface area contributed by atoms with Crippen LogP contribution in [0.4, 0.5) is 4.39 Å². The lowest BCUT2D eigenvalue weighted by Crippen LogP contribution is -2.42. The van der Waals surface area contributed by atoms with Gasteiger partial charge in [-0.15, -0.1) is 0 Å². The summed E-state index contributed by atoms with van der Waals surface area (Å²) in [6.45, 7) is 0. The summed E-state index contributed by atoms with van der Waals surface area (Å²) in [4.78, 5) is 23.5. The van der Waals surface area contributed by atoms with Gasteiger partial charge in [0.2, 0.25) is 0 Å². The third kappa shape index (κ3) is 3.53. The maximum atomic E-state index is 13.5. The van der Waals surface area contributed by atoms with Crippen molar-refractivity contribution < 1.29 is 18.7 Å². The summed E-state index contributed by atoms with van der Waals surface area (Å²) in [6.07, 6.45) is 2.67. The lowest BCUT2D eigenvalue weighted by Gasteiger charge is -2.16. The first-order valence-electron chi connectivity index (χ1n) is 6.25. The lowest BCUT2D eigenvalue weighted by molar-refractivity contribution is -0.143. The number of hydrogen-bond acceptors (Lipinski definition) is 3. The molecule has 0 aromatic heterocycles. The van der Waals surface area contributed by atoms with Gasteiger partial charge in [0.25, 0.3) is 5.91 Å². The smallest absolute Gasteiger partial charge is 0.328 e. The normalized spacial score (nSPS) is 15.7. The Kier molecular flexibility index (Phi) is 4.14. The van der Waals surface area contributed by atoms with E-state index in [2.05, 4.69) is 10.1 Å². The molecular formula is C14H16FNO3. The van der Waals surface area contributed by atoms with Crippen molar-refractivity contribution in [1.29, 1.82) is 0 Å². The standard InChI is InChI=1S/C14H16FNO3/c1-19-14(18)12(8-9-6-7-9)16-13(17)10-4-2-3-5-11(10)15/h2-5,9,12H,6-8H2,1H3,(H,16,17)/t12-/m1/s1. The Morgan fingerprint density at radius 1 is 1.42 bits per heavy atom. The first-order valence-corrected chi connectivity index (χ1v) is 6.25. The molecule has 0 bridgehead atoms. The van der Waals surface area contributed by atoms with Crippen LogP contribution in [-0.4, -0.2) is 25.0 Å². The van der Waals surface area contributed by atoms with E-state index in [0.29, 0.717) is 12.3 Å². The first kappa shape index (κ1) is 13.5. The molecule has 1 amide bonds. The van der Waals surface area contributed by atoms with Gasteiger partial charge in [-0.3, -0.25) is 4.79 Å². The predicted octanol–water partition coefficient (Wildman–Crippen LogP) is 1.90. The molecule has 1 fully saturated rings. The minimum Gasteiger partial charge on any atom is -0.467 e. The van der Waals surface area contributed by atoms with Crippen LogP contribution in [0.25, 0.3) is 0 Å². The zero-order valence-electron chi connectivity index (χ0n) is 10.7. The summed E-state index contributed by atoms with van der Waals surface area (Å²) in [7, 11) is 1.28. The van der Waals surface area contributed by atoms with Gasteiger partial charge in [0.15, 0.2) is 0 Å². The molecule has 1 N–H and O–H groups in total. The zero-order chi connectivity index (χ0) is 13.8. The summed E-state index contributed by atoms with van der Waals surface area (Å²) in [5.74, 6) is -1.23. The monoisotopic (exact) mass is 265 g/mol. The molecular weight excluding hydrogens is 249 g/mol. The summed E-state index contributed by atoms with van der Waals surface area (Å²) >= 11 is 0. The highest BCUT2D eigenvalue weighted by atomic mass is 19.1. The van der Waals surface area contributed by atoms with E-state index in [1.165, 1.54) is 25.3 Å². The third-order valence-corrected chi connectivity index (χ3v) is 3.18. The predicted molar refractivity (Wildman–Crippen MR) is 67.0 cm³/mol. The van der Waals surface area contributed by atoms with Crippen molar-refractivity contribution >= 4 is 11.9 Å². The molecule has 1 aromatic rings. The van der Waals surface area contributed by atoms with E-state index in [0.717, 1.165) is 12.8 Å². The summed E-state index contributed by atoms with van der Waals surface area (Å²) in [5, 5.41) is 2.54. The van der Waals surface area contributed by atoms with Crippen molar-refractivity contribution in [1.82, 2.24) is 5.32 Å².